The molecule has 0 aromatic heterocycles. The molecule has 2 aliphatic carbocycles. The van der Waals surface area contributed by atoms with Crippen molar-refractivity contribution < 1.29 is 27.3 Å². The molecule has 7 unspecified atom stereocenters. The molecule has 0 amide bonds. The zero-order valence-electron chi connectivity index (χ0n) is 21.7. The summed E-state index contributed by atoms with van der Waals surface area (Å²) in [6, 6.07) is 8.68. The molecule has 35 heavy (non-hydrogen) atoms. The number of Topliss-reactive ketones (excluding diaryl/α,β-unsaturated/α-hetero) is 1. The Bertz CT molecular complexity index is 1060. The van der Waals surface area contributed by atoms with Gasteiger partial charge in [-0.3, -0.25) is 9.35 Å². The van der Waals surface area contributed by atoms with Crippen LogP contribution < -0.4 is 4.74 Å². The molecule has 2 N–H and O–H groups in total. The largest absolute Gasteiger partial charge is 0.497 e. The first kappa shape index (κ1) is 26.8. The van der Waals surface area contributed by atoms with Crippen molar-refractivity contribution in [3.05, 3.63) is 29.8 Å². The molecule has 3 aliphatic rings. The highest BCUT2D eigenvalue weighted by Crippen LogP contribution is 2.70. The van der Waals surface area contributed by atoms with Crippen molar-refractivity contribution in [1.29, 1.82) is 0 Å². The molecular weight excluding hydrogens is 482 g/mol. The molecule has 2 saturated carbocycles. The number of hydrogen-bond acceptors (Lipinski definition) is 6. The van der Waals surface area contributed by atoms with E-state index in [0.29, 0.717) is 13.0 Å². The minimum absolute atomic E-state index is 0.0683. The van der Waals surface area contributed by atoms with Gasteiger partial charge in [-0.1, -0.05) is 38.8 Å². The number of rotatable bonds is 8. The molecule has 0 spiro atoms. The van der Waals surface area contributed by atoms with Crippen LogP contribution in [-0.2, 0) is 14.9 Å². The Balaban J connectivity index is 1.77. The molecule has 1 aromatic carbocycles. The van der Waals surface area contributed by atoms with E-state index in [2.05, 4.69) is 4.90 Å². The summed E-state index contributed by atoms with van der Waals surface area (Å²) < 4.78 is 39.2. The van der Waals surface area contributed by atoms with Crippen molar-refractivity contribution in [3.63, 3.8) is 0 Å². The number of ether oxygens (including phenoxy) is 1. The van der Waals surface area contributed by atoms with E-state index < -0.39 is 35.0 Å². The number of likely N-dealkylation sites (N-methyl/N-ethyl adjacent to an activating group) is 1. The number of methoxy groups -OCH3 is 1. The number of fused-ring (bicyclic) bond motifs is 2. The molecular formula is C26H41NO6SSi. The van der Waals surface area contributed by atoms with E-state index in [0.717, 1.165) is 43.0 Å². The zero-order chi connectivity index (χ0) is 25.8. The lowest BCUT2D eigenvalue weighted by atomic mass is 9.70. The second kappa shape index (κ2) is 9.24. The standard InChI is InChI=1S/C26H41NO6SSi/c1-25-14-13-20(26(25,2)17-34(29,30)31)23(24(25)28)21-8-6-7-15-35(21,32)22(16-27(3)4)18-9-11-19(33-5)12-10-18/h9-12,20-23,32H,6-8,13-17H2,1-5H3,(H,29,30,31). The van der Waals surface area contributed by atoms with E-state index in [1.807, 2.05) is 52.2 Å². The van der Waals surface area contributed by atoms with Gasteiger partial charge >= 0.3 is 0 Å². The van der Waals surface area contributed by atoms with Crippen LogP contribution in [0.4, 0.5) is 0 Å². The van der Waals surface area contributed by atoms with Crippen molar-refractivity contribution >= 4 is 24.2 Å². The summed E-state index contributed by atoms with van der Waals surface area (Å²) >= 11 is 0. The monoisotopic (exact) mass is 523 g/mol. The highest BCUT2D eigenvalue weighted by atomic mass is 32.2. The van der Waals surface area contributed by atoms with E-state index in [4.69, 9.17) is 4.74 Å². The Labute approximate surface area is 211 Å². The van der Waals surface area contributed by atoms with Gasteiger partial charge in [-0.15, -0.1) is 0 Å². The SMILES string of the molecule is COc1ccc(C(CN(C)C)[Si]2(O)CCCCC2C2C(=O)C3(C)CCC2C3(C)CS(=O)(=O)O)cc1. The predicted octanol–water partition coefficient (Wildman–Crippen LogP) is 3.88. The number of nitrogens with zero attached hydrogens (tertiary/aromatic N) is 1. The Morgan fingerprint density at radius 1 is 1.17 bits per heavy atom. The first-order valence-corrected chi connectivity index (χ1v) is 16.7. The highest BCUT2D eigenvalue weighted by molar-refractivity contribution is 7.85. The fraction of sp³-hybridized carbons (Fsp3) is 0.731. The quantitative estimate of drug-likeness (QED) is 0.394. The lowest BCUT2D eigenvalue weighted by Crippen LogP contribution is -2.55. The van der Waals surface area contributed by atoms with Gasteiger partial charge < -0.3 is 14.4 Å². The molecule has 7 nitrogen and oxygen atoms in total. The smallest absolute Gasteiger partial charge is 0.265 e. The van der Waals surface area contributed by atoms with Crippen molar-refractivity contribution in [2.45, 2.75) is 63.1 Å². The van der Waals surface area contributed by atoms with Gasteiger partial charge in [-0.25, -0.2) is 0 Å². The highest BCUT2D eigenvalue weighted by Gasteiger charge is 2.72. The summed E-state index contributed by atoms with van der Waals surface area (Å²) in [7, 11) is -1.62. The molecule has 9 heteroatoms. The van der Waals surface area contributed by atoms with Crippen LogP contribution in [0.1, 0.15) is 57.1 Å². The summed E-state index contributed by atoms with van der Waals surface area (Å²) in [5.74, 6) is -0.00448. The molecule has 2 bridgehead atoms. The van der Waals surface area contributed by atoms with Crippen LogP contribution in [0.15, 0.2) is 24.3 Å². The van der Waals surface area contributed by atoms with E-state index in [1.165, 1.54) is 0 Å². The van der Waals surface area contributed by atoms with Gasteiger partial charge in [0.1, 0.15) is 11.5 Å². The molecule has 7 atom stereocenters. The second-order valence-corrected chi connectivity index (χ2v) is 17.3. The minimum Gasteiger partial charge on any atom is -0.497 e. The van der Waals surface area contributed by atoms with Crippen LogP contribution in [-0.4, -0.2) is 70.3 Å². The third-order valence-corrected chi connectivity index (χ3v) is 15.7. The van der Waals surface area contributed by atoms with Gasteiger partial charge in [0.25, 0.3) is 10.1 Å². The maximum Gasteiger partial charge on any atom is 0.265 e. The number of carbonyl (C=O) groups is 1. The number of benzene rings is 1. The van der Waals surface area contributed by atoms with Crippen LogP contribution in [0.2, 0.25) is 11.6 Å². The maximum atomic E-state index is 14.0. The Kier molecular flexibility index (Phi) is 7.07. The van der Waals surface area contributed by atoms with Gasteiger partial charge in [0.05, 0.1) is 12.9 Å². The van der Waals surface area contributed by atoms with Crippen LogP contribution >= 0.6 is 0 Å². The fourth-order valence-electron chi connectivity index (χ4n) is 7.98. The van der Waals surface area contributed by atoms with Crippen molar-refractivity contribution in [1.82, 2.24) is 4.90 Å². The Hall–Kier alpha value is -1.26. The average Bonchev–Trinajstić information content (AvgIpc) is 3.10. The first-order chi connectivity index (χ1) is 16.3. The first-order valence-electron chi connectivity index (χ1n) is 12.8. The van der Waals surface area contributed by atoms with Crippen LogP contribution in [0, 0.1) is 22.7 Å². The van der Waals surface area contributed by atoms with Crippen molar-refractivity contribution in [3.8, 4) is 5.75 Å². The lowest BCUT2D eigenvalue weighted by Gasteiger charge is -2.48. The molecule has 1 saturated heterocycles. The van der Waals surface area contributed by atoms with Gasteiger partial charge in [-0.05, 0) is 74.0 Å². The Morgan fingerprint density at radius 2 is 1.83 bits per heavy atom. The van der Waals surface area contributed by atoms with Gasteiger partial charge in [0.2, 0.25) is 8.32 Å². The van der Waals surface area contributed by atoms with E-state index >= 15 is 0 Å². The Morgan fingerprint density at radius 3 is 2.40 bits per heavy atom. The lowest BCUT2D eigenvalue weighted by molar-refractivity contribution is -0.132. The molecule has 196 valence electrons. The molecule has 1 heterocycles. The number of hydrogen-bond donors (Lipinski definition) is 2. The maximum absolute atomic E-state index is 14.0. The topological polar surface area (TPSA) is 104 Å². The summed E-state index contributed by atoms with van der Waals surface area (Å²) in [6.07, 6.45) is 4.13. The predicted molar refractivity (Wildman–Crippen MR) is 139 cm³/mol. The summed E-state index contributed by atoms with van der Waals surface area (Å²) in [4.78, 5) is 28.8. The van der Waals surface area contributed by atoms with Crippen LogP contribution in [0.3, 0.4) is 0 Å². The molecule has 1 aromatic rings. The third kappa shape index (κ3) is 4.41. The third-order valence-electron chi connectivity index (χ3n) is 9.88. The van der Waals surface area contributed by atoms with Gasteiger partial charge in [0.15, 0.2) is 0 Å². The average molecular weight is 524 g/mol. The summed E-state index contributed by atoms with van der Waals surface area (Å²) in [5, 5.41) is 0. The number of ketones is 1. The van der Waals surface area contributed by atoms with E-state index in [9.17, 15) is 22.6 Å². The molecule has 0 radical (unpaired) electrons. The molecule has 1 aliphatic heterocycles. The summed E-state index contributed by atoms with van der Waals surface area (Å²) in [6.45, 7) is 4.46. The molecule has 3 fully saturated rings. The normalized spacial score (nSPS) is 38.2. The van der Waals surface area contributed by atoms with Gasteiger partial charge in [-0.2, -0.15) is 8.42 Å². The van der Waals surface area contributed by atoms with Crippen molar-refractivity contribution in [2.75, 3.05) is 33.5 Å². The van der Waals surface area contributed by atoms with E-state index in [-0.39, 0.29) is 28.7 Å². The minimum atomic E-state index is -4.24. The van der Waals surface area contributed by atoms with Crippen LogP contribution in [0.25, 0.3) is 0 Å². The van der Waals surface area contributed by atoms with E-state index in [1.54, 1.807) is 7.11 Å². The zero-order valence-corrected chi connectivity index (χ0v) is 23.5. The second-order valence-electron chi connectivity index (χ2n) is 11.9. The van der Waals surface area contributed by atoms with Gasteiger partial charge in [0, 0.05) is 23.4 Å². The molecule has 4 rings (SSSR count). The fourth-order valence-corrected chi connectivity index (χ4v) is 14.5. The summed E-state index contributed by atoms with van der Waals surface area (Å²) in [5.41, 5.74) is -0.720. The number of carbonyl (C=O) groups excluding carboxylic acids is 1. The van der Waals surface area contributed by atoms with Crippen LogP contribution in [0.5, 0.6) is 5.75 Å². The van der Waals surface area contributed by atoms with Crippen molar-refractivity contribution in [2.24, 2.45) is 22.7 Å².